The number of methoxy groups -OCH3 is 2. The van der Waals surface area contributed by atoms with Crippen LogP contribution in [0.1, 0.15) is 28.7 Å². The fourth-order valence-electron chi connectivity index (χ4n) is 2.05. The molecule has 0 bridgehead atoms. The molecule has 0 unspecified atom stereocenters. The second kappa shape index (κ2) is 5.71. The van der Waals surface area contributed by atoms with Gasteiger partial charge in [0.05, 0.1) is 14.2 Å². The smallest absolute Gasteiger partial charge is 0.305 e. The molecule has 0 aliphatic carbocycles. The second-order valence-electron chi connectivity index (χ2n) is 4.21. The van der Waals surface area contributed by atoms with Crippen LogP contribution >= 0.6 is 0 Å². The number of rotatable bonds is 4. The van der Waals surface area contributed by atoms with Crippen LogP contribution in [0.25, 0.3) is 0 Å². The predicted octanol–water partition coefficient (Wildman–Crippen LogP) is 2.73. The number of carbonyl (C=O) groups excluding carboxylic acids is 1. The largest absolute Gasteiger partial charge is 0.496 e. The van der Waals surface area contributed by atoms with Crippen molar-refractivity contribution in [3.05, 3.63) is 28.3 Å². The molecular weight excluding hydrogens is 216 g/mol. The maximum absolute atomic E-state index is 11.1. The third kappa shape index (κ3) is 2.99. The molecule has 3 nitrogen and oxygen atoms in total. The van der Waals surface area contributed by atoms with Crippen molar-refractivity contribution in [2.24, 2.45) is 0 Å². The summed E-state index contributed by atoms with van der Waals surface area (Å²) in [4.78, 5) is 11.1. The lowest BCUT2D eigenvalue weighted by Crippen LogP contribution is -2.04. The third-order valence-electron chi connectivity index (χ3n) is 3.16. The van der Waals surface area contributed by atoms with Gasteiger partial charge in [0.1, 0.15) is 5.75 Å². The number of hydrogen-bond donors (Lipinski definition) is 0. The normalized spacial score (nSPS) is 10.2. The van der Waals surface area contributed by atoms with Crippen molar-refractivity contribution in [1.82, 2.24) is 0 Å². The minimum Gasteiger partial charge on any atom is -0.496 e. The molecule has 0 aliphatic heterocycles. The summed E-state index contributed by atoms with van der Waals surface area (Å²) in [7, 11) is 3.10. The number of benzene rings is 1. The molecule has 3 heteroatoms. The molecule has 0 atom stereocenters. The molecule has 0 heterocycles. The molecule has 17 heavy (non-hydrogen) atoms. The van der Waals surface area contributed by atoms with Crippen molar-refractivity contribution >= 4 is 5.97 Å². The van der Waals surface area contributed by atoms with E-state index in [1.165, 1.54) is 18.2 Å². The summed E-state index contributed by atoms with van der Waals surface area (Å²) in [6.45, 7) is 6.12. The van der Waals surface area contributed by atoms with E-state index in [9.17, 15) is 4.79 Å². The molecular formula is C14H20O3. The minimum absolute atomic E-state index is 0.171. The van der Waals surface area contributed by atoms with E-state index in [4.69, 9.17) is 4.74 Å². The van der Waals surface area contributed by atoms with Gasteiger partial charge < -0.3 is 9.47 Å². The molecule has 0 N–H and O–H groups in total. The van der Waals surface area contributed by atoms with E-state index in [1.807, 2.05) is 13.8 Å². The number of esters is 1. The zero-order valence-corrected chi connectivity index (χ0v) is 11.2. The molecule has 1 aromatic rings. The Bertz CT molecular complexity index is 422. The Balaban J connectivity index is 2.98. The number of aryl methyl sites for hydroxylation is 2. The van der Waals surface area contributed by atoms with Crippen molar-refractivity contribution in [2.75, 3.05) is 14.2 Å². The Morgan fingerprint density at radius 3 is 2.35 bits per heavy atom. The van der Waals surface area contributed by atoms with Gasteiger partial charge in [0, 0.05) is 6.42 Å². The zero-order chi connectivity index (χ0) is 13.0. The molecule has 0 aromatic heterocycles. The SMILES string of the molecule is COC(=O)CCc1cc(C)c(OC)c(C)c1C. The van der Waals surface area contributed by atoms with Gasteiger partial charge in [0.15, 0.2) is 0 Å². The summed E-state index contributed by atoms with van der Waals surface area (Å²) in [5, 5.41) is 0. The van der Waals surface area contributed by atoms with Gasteiger partial charge in [-0.2, -0.15) is 0 Å². The second-order valence-corrected chi connectivity index (χ2v) is 4.21. The Morgan fingerprint density at radius 1 is 1.18 bits per heavy atom. The quantitative estimate of drug-likeness (QED) is 0.754. The lowest BCUT2D eigenvalue weighted by Gasteiger charge is -2.15. The Kier molecular flexibility index (Phi) is 4.55. The topological polar surface area (TPSA) is 35.5 Å². The number of hydrogen-bond acceptors (Lipinski definition) is 3. The van der Waals surface area contributed by atoms with E-state index in [0.29, 0.717) is 12.8 Å². The minimum atomic E-state index is -0.171. The fraction of sp³-hybridized carbons (Fsp3) is 0.500. The average molecular weight is 236 g/mol. The average Bonchev–Trinajstić information content (AvgIpc) is 2.32. The van der Waals surface area contributed by atoms with Crippen LogP contribution in [0, 0.1) is 20.8 Å². The van der Waals surface area contributed by atoms with Crippen LogP contribution < -0.4 is 4.74 Å². The van der Waals surface area contributed by atoms with Crippen LogP contribution in [0.2, 0.25) is 0 Å². The standard InChI is InChI=1S/C14H20O3/c1-9-8-12(6-7-13(15)16-4)10(2)11(3)14(9)17-5/h8H,6-7H2,1-5H3. The zero-order valence-electron chi connectivity index (χ0n) is 11.2. The summed E-state index contributed by atoms with van der Waals surface area (Å²) < 4.78 is 10.0. The van der Waals surface area contributed by atoms with E-state index in [0.717, 1.165) is 16.9 Å². The summed E-state index contributed by atoms with van der Waals surface area (Å²) in [6, 6.07) is 2.09. The number of ether oxygens (including phenoxy) is 2. The highest BCUT2D eigenvalue weighted by molar-refractivity contribution is 5.69. The van der Waals surface area contributed by atoms with E-state index in [1.54, 1.807) is 7.11 Å². The monoisotopic (exact) mass is 236 g/mol. The summed E-state index contributed by atoms with van der Waals surface area (Å²) >= 11 is 0. The molecule has 1 rings (SSSR count). The first kappa shape index (κ1) is 13.6. The van der Waals surface area contributed by atoms with E-state index in [-0.39, 0.29) is 5.97 Å². The van der Waals surface area contributed by atoms with Crippen LogP contribution in [0.4, 0.5) is 0 Å². The van der Waals surface area contributed by atoms with Crippen LogP contribution in [0.5, 0.6) is 5.75 Å². The lowest BCUT2D eigenvalue weighted by atomic mass is 9.96. The van der Waals surface area contributed by atoms with Crippen molar-refractivity contribution in [1.29, 1.82) is 0 Å². The predicted molar refractivity (Wildman–Crippen MR) is 67.5 cm³/mol. The Morgan fingerprint density at radius 2 is 1.82 bits per heavy atom. The van der Waals surface area contributed by atoms with E-state index >= 15 is 0 Å². The van der Waals surface area contributed by atoms with Gasteiger partial charge in [0.25, 0.3) is 0 Å². The first-order valence-electron chi connectivity index (χ1n) is 5.71. The summed E-state index contributed by atoms with van der Waals surface area (Å²) in [6.07, 6.45) is 1.13. The van der Waals surface area contributed by atoms with Crippen LogP contribution in [0.15, 0.2) is 6.07 Å². The van der Waals surface area contributed by atoms with Crippen LogP contribution in [-0.2, 0) is 16.0 Å². The molecule has 0 spiro atoms. The third-order valence-corrected chi connectivity index (χ3v) is 3.16. The Hall–Kier alpha value is -1.51. The lowest BCUT2D eigenvalue weighted by molar-refractivity contribution is -0.140. The summed E-state index contributed by atoms with van der Waals surface area (Å²) in [5.74, 6) is 0.764. The highest BCUT2D eigenvalue weighted by Crippen LogP contribution is 2.29. The van der Waals surface area contributed by atoms with E-state index < -0.39 is 0 Å². The molecule has 0 saturated heterocycles. The van der Waals surface area contributed by atoms with Crippen LogP contribution in [-0.4, -0.2) is 20.2 Å². The van der Waals surface area contributed by atoms with Gasteiger partial charge in [-0.15, -0.1) is 0 Å². The number of carbonyl (C=O) groups is 1. The van der Waals surface area contributed by atoms with Gasteiger partial charge in [-0.05, 0) is 49.4 Å². The first-order chi connectivity index (χ1) is 8.01. The van der Waals surface area contributed by atoms with Gasteiger partial charge in [-0.3, -0.25) is 4.79 Å². The molecule has 0 fully saturated rings. The maximum Gasteiger partial charge on any atom is 0.305 e. The van der Waals surface area contributed by atoms with Gasteiger partial charge in [-0.25, -0.2) is 0 Å². The van der Waals surface area contributed by atoms with Gasteiger partial charge in [0.2, 0.25) is 0 Å². The van der Waals surface area contributed by atoms with Crippen molar-refractivity contribution < 1.29 is 14.3 Å². The van der Waals surface area contributed by atoms with Crippen molar-refractivity contribution in [3.8, 4) is 5.75 Å². The Labute approximate surface area is 103 Å². The highest BCUT2D eigenvalue weighted by atomic mass is 16.5. The molecule has 0 amide bonds. The molecule has 0 radical (unpaired) electrons. The van der Waals surface area contributed by atoms with E-state index in [2.05, 4.69) is 17.7 Å². The van der Waals surface area contributed by atoms with Gasteiger partial charge >= 0.3 is 5.97 Å². The maximum atomic E-state index is 11.1. The fourth-order valence-corrected chi connectivity index (χ4v) is 2.05. The van der Waals surface area contributed by atoms with Crippen molar-refractivity contribution in [2.45, 2.75) is 33.6 Å². The molecule has 1 aromatic carbocycles. The molecule has 0 aliphatic rings. The van der Waals surface area contributed by atoms with Crippen molar-refractivity contribution in [3.63, 3.8) is 0 Å². The first-order valence-corrected chi connectivity index (χ1v) is 5.71. The van der Waals surface area contributed by atoms with Gasteiger partial charge in [-0.1, -0.05) is 6.07 Å². The van der Waals surface area contributed by atoms with Crippen LogP contribution in [0.3, 0.4) is 0 Å². The highest BCUT2D eigenvalue weighted by Gasteiger charge is 2.11. The summed E-state index contributed by atoms with van der Waals surface area (Å²) in [5.41, 5.74) is 4.63. The molecule has 0 saturated carbocycles. The molecule has 94 valence electrons.